The van der Waals surface area contributed by atoms with Gasteiger partial charge in [-0.25, -0.2) is 8.78 Å². The lowest BCUT2D eigenvalue weighted by Crippen LogP contribution is -2.11. The molecule has 0 aliphatic heterocycles. The van der Waals surface area contributed by atoms with E-state index in [4.69, 9.17) is 4.52 Å². The average Bonchev–Trinajstić information content (AvgIpc) is 2.72. The van der Waals surface area contributed by atoms with Crippen molar-refractivity contribution in [2.45, 2.75) is 19.9 Å². The Morgan fingerprint density at radius 3 is 2.61 bits per heavy atom. The molecule has 1 aromatic heterocycles. The Hall–Kier alpha value is -1.82. The van der Waals surface area contributed by atoms with Gasteiger partial charge in [-0.05, 0) is 24.2 Å². The lowest BCUT2D eigenvalue weighted by atomic mass is 10.1. The van der Waals surface area contributed by atoms with Crippen LogP contribution in [0.5, 0.6) is 0 Å². The lowest BCUT2D eigenvalue weighted by Gasteiger charge is -1.98. The summed E-state index contributed by atoms with van der Waals surface area (Å²) in [7, 11) is 0. The van der Waals surface area contributed by atoms with Crippen molar-refractivity contribution in [1.29, 1.82) is 0 Å². The largest absolute Gasteiger partial charge is 0.338 e. The molecule has 1 heterocycles. The van der Waals surface area contributed by atoms with Crippen molar-refractivity contribution in [2.75, 3.05) is 6.54 Å². The minimum absolute atomic E-state index is 0.240. The molecule has 0 amide bonds. The van der Waals surface area contributed by atoms with Crippen molar-refractivity contribution in [1.82, 2.24) is 15.5 Å². The van der Waals surface area contributed by atoms with E-state index in [0.717, 1.165) is 12.6 Å². The zero-order valence-electron chi connectivity index (χ0n) is 9.91. The van der Waals surface area contributed by atoms with Crippen molar-refractivity contribution < 1.29 is 13.3 Å². The van der Waals surface area contributed by atoms with E-state index >= 15 is 0 Å². The number of hydrogen-bond donors (Lipinski definition) is 1. The molecule has 0 atom stereocenters. The molecule has 0 fully saturated rings. The molecule has 0 unspecified atom stereocenters. The molecule has 0 radical (unpaired) electrons. The van der Waals surface area contributed by atoms with Crippen molar-refractivity contribution in [3.05, 3.63) is 47.1 Å². The number of benzene rings is 1. The zero-order valence-corrected chi connectivity index (χ0v) is 9.91. The average molecular weight is 253 g/mol. The van der Waals surface area contributed by atoms with E-state index in [-0.39, 0.29) is 6.42 Å². The summed E-state index contributed by atoms with van der Waals surface area (Å²) in [6.45, 7) is 3.25. The molecule has 0 aliphatic carbocycles. The molecule has 0 saturated carbocycles. The molecule has 96 valence electrons. The molecule has 6 heteroatoms. The van der Waals surface area contributed by atoms with Gasteiger partial charge in [0.15, 0.2) is 5.82 Å². The van der Waals surface area contributed by atoms with Crippen molar-refractivity contribution in [3.8, 4) is 0 Å². The maximum absolute atomic E-state index is 13.0. The standard InChI is InChI=1S/C12H13F2N3O/c1-2-15-7-12-16-11(17-18-12)5-8-3-9(13)6-10(14)4-8/h3-4,6,15H,2,5,7H2,1H3. The van der Waals surface area contributed by atoms with Gasteiger partial charge >= 0.3 is 0 Å². The molecule has 18 heavy (non-hydrogen) atoms. The number of halogens is 2. The van der Waals surface area contributed by atoms with Crippen LogP contribution in [-0.4, -0.2) is 16.7 Å². The van der Waals surface area contributed by atoms with E-state index in [1.165, 1.54) is 12.1 Å². The summed E-state index contributed by atoms with van der Waals surface area (Å²) in [6.07, 6.45) is 0.240. The predicted octanol–water partition coefficient (Wildman–Crippen LogP) is 2.05. The molecule has 0 spiro atoms. The second-order valence-corrected chi connectivity index (χ2v) is 3.84. The third kappa shape index (κ3) is 3.33. The third-order valence-electron chi connectivity index (χ3n) is 2.32. The normalized spacial score (nSPS) is 10.8. The molecule has 0 saturated heterocycles. The van der Waals surface area contributed by atoms with E-state index in [2.05, 4.69) is 15.5 Å². The van der Waals surface area contributed by atoms with Crippen LogP contribution in [0.2, 0.25) is 0 Å². The second kappa shape index (κ2) is 5.68. The van der Waals surface area contributed by atoms with Crippen LogP contribution in [0.15, 0.2) is 22.7 Å². The summed E-state index contributed by atoms with van der Waals surface area (Å²) in [5.41, 5.74) is 0.475. The van der Waals surface area contributed by atoms with Gasteiger partial charge in [-0.15, -0.1) is 0 Å². The summed E-state index contributed by atoms with van der Waals surface area (Å²) >= 11 is 0. The van der Waals surface area contributed by atoms with Crippen molar-refractivity contribution in [2.24, 2.45) is 0 Å². The zero-order chi connectivity index (χ0) is 13.0. The maximum Gasteiger partial charge on any atom is 0.240 e. The summed E-state index contributed by atoms with van der Waals surface area (Å²) < 4.78 is 31.0. The molecular weight excluding hydrogens is 240 g/mol. The van der Waals surface area contributed by atoms with E-state index in [0.29, 0.717) is 23.8 Å². The molecule has 2 aromatic rings. The van der Waals surface area contributed by atoms with E-state index < -0.39 is 11.6 Å². The molecule has 2 rings (SSSR count). The molecule has 4 nitrogen and oxygen atoms in total. The van der Waals surface area contributed by atoms with Crippen molar-refractivity contribution >= 4 is 0 Å². The van der Waals surface area contributed by atoms with Gasteiger partial charge in [0.05, 0.1) is 6.54 Å². The number of rotatable bonds is 5. The summed E-state index contributed by atoms with van der Waals surface area (Å²) in [5.74, 6) is -0.348. The van der Waals surface area contributed by atoms with Gasteiger partial charge in [0.1, 0.15) is 11.6 Å². The highest BCUT2D eigenvalue weighted by atomic mass is 19.1. The van der Waals surface area contributed by atoms with Gasteiger partial charge in [-0.2, -0.15) is 4.98 Å². The highest BCUT2D eigenvalue weighted by Crippen LogP contribution is 2.11. The quantitative estimate of drug-likeness (QED) is 0.886. The highest BCUT2D eigenvalue weighted by molar-refractivity contribution is 5.21. The Kier molecular flexibility index (Phi) is 3.99. The Labute approximate surface area is 103 Å². The highest BCUT2D eigenvalue weighted by Gasteiger charge is 2.08. The topological polar surface area (TPSA) is 51.0 Å². The first-order valence-electron chi connectivity index (χ1n) is 5.64. The van der Waals surface area contributed by atoms with Gasteiger partial charge in [-0.3, -0.25) is 0 Å². The van der Waals surface area contributed by atoms with Crippen LogP contribution in [0, 0.1) is 11.6 Å². The van der Waals surface area contributed by atoms with Crippen LogP contribution in [0.1, 0.15) is 24.2 Å². The smallest absolute Gasteiger partial charge is 0.240 e. The number of aromatic nitrogens is 2. The number of hydrogen-bond acceptors (Lipinski definition) is 4. The number of nitrogens with zero attached hydrogens (tertiary/aromatic N) is 2. The first-order chi connectivity index (χ1) is 8.67. The van der Waals surface area contributed by atoms with Gasteiger partial charge in [0.2, 0.25) is 5.89 Å². The van der Waals surface area contributed by atoms with E-state index in [9.17, 15) is 8.78 Å². The maximum atomic E-state index is 13.0. The van der Waals surface area contributed by atoms with Crippen molar-refractivity contribution in [3.63, 3.8) is 0 Å². The summed E-state index contributed by atoms with van der Waals surface area (Å²) in [4.78, 5) is 4.12. The summed E-state index contributed by atoms with van der Waals surface area (Å²) in [6, 6.07) is 3.34. The molecule has 0 bridgehead atoms. The third-order valence-corrected chi connectivity index (χ3v) is 2.32. The minimum Gasteiger partial charge on any atom is -0.338 e. The fraction of sp³-hybridized carbons (Fsp3) is 0.333. The molecular formula is C12H13F2N3O. The van der Waals surface area contributed by atoms with Crippen LogP contribution in [0.4, 0.5) is 8.78 Å². The van der Waals surface area contributed by atoms with Crippen LogP contribution in [-0.2, 0) is 13.0 Å². The van der Waals surface area contributed by atoms with Gasteiger partial charge in [0, 0.05) is 12.5 Å². The monoisotopic (exact) mass is 253 g/mol. The van der Waals surface area contributed by atoms with Gasteiger partial charge < -0.3 is 9.84 Å². The fourth-order valence-corrected chi connectivity index (χ4v) is 1.56. The van der Waals surface area contributed by atoms with E-state index in [1.807, 2.05) is 6.92 Å². The summed E-state index contributed by atoms with van der Waals surface area (Å²) in [5, 5.41) is 6.80. The Morgan fingerprint density at radius 2 is 1.94 bits per heavy atom. The fourth-order valence-electron chi connectivity index (χ4n) is 1.56. The molecule has 1 aromatic carbocycles. The molecule has 0 aliphatic rings. The second-order valence-electron chi connectivity index (χ2n) is 3.84. The lowest BCUT2D eigenvalue weighted by molar-refractivity contribution is 0.365. The van der Waals surface area contributed by atoms with Crippen LogP contribution in [0.3, 0.4) is 0 Å². The van der Waals surface area contributed by atoms with Gasteiger partial charge in [-0.1, -0.05) is 12.1 Å². The first-order valence-corrected chi connectivity index (χ1v) is 5.64. The van der Waals surface area contributed by atoms with Gasteiger partial charge in [0.25, 0.3) is 0 Å². The number of nitrogens with one attached hydrogen (secondary N) is 1. The Bertz CT molecular complexity index is 508. The minimum atomic E-state index is -0.610. The van der Waals surface area contributed by atoms with E-state index in [1.54, 1.807) is 0 Å². The van der Waals surface area contributed by atoms with Crippen LogP contribution in [0.25, 0.3) is 0 Å². The SMILES string of the molecule is CCNCc1nc(Cc2cc(F)cc(F)c2)no1. The Balaban J connectivity index is 2.06. The first kappa shape index (κ1) is 12.6. The van der Waals surface area contributed by atoms with Crippen LogP contribution >= 0.6 is 0 Å². The predicted molar refractivity (Wildman–Crippen MR) is 60.8 cm³/mol. The Morgan fingerprint density at radius 1 is 1.22 bits per heavy atom. The van der Waals surface area contributed by atoms with Crippen LogP contribution < -0.4 is 5.32 Å². The molecule has 1 N–H and O–H groups in total.